The molecule has 2 unspecified atom stereocenters. The van der Waals surface area contributed by atoms with Crippen LogP contribution < -0.4 is 5.32 Å². The van der Waals surface area contributed by atoms with Crippen molar-refractivity contribution in [2.75, 3.05) is 0 Å². The first kappa shape index (κ1) is 10.6. The average Bonchev–Trinajstić information content (AvgIpc) is 2.86. The fourth-order valence-electron chi connectivity index (χ4n) is 1.45. The lowest BCUT2D eigenvalue weighted by Gasteiger charge is -2.05. The molecule has 2 rings (SSSR count). The van der Waals surface area contributed by atoms with Crippen LogP contribution in [0.3, 0.4) is 0 Å². The molecule has 0 spiro atoms. The predicted octanol–water partition coefficient (Wildman–Crippen LogP) is 2.73. The first-order chi connectivity index (χ1) is 7.09. The summed E-state index contributed by atoms with van der Waals surface area (Å²) in [6.07, 6.45) is 0.987. The molecule has 0 saturated heterocycles. The largest absolute Gasteiger partial charge is 0.349 e. The summed E-state index contributed by atoms with van der Waals surface area (Å²) >= 11 is 3.05. The van der Waals surface area contributed by atoms with E-state index in [0.717, 1.165) is 6.42 Å². The second-order valence-corrected chi connectivity index (χ2v) is 4.75. The van der Waals surface area contributed by atoms with Crippen molar-refractivity contribution in [3.8, 4) is 0 Å². The molecule has 15 heavy (non-hydrogen) atoms. The number of amides is 1. The Hall–Kier alpha value is -0.900. The first-order valence-corrected chi connectivity index (χ1v) is 5.63. The number of hydrogen-bond donors (Lipinski definition) is 1. The molecule has 0 heterocycles. The predicted molar refractivity (Wildman–Crippen MR) is 59.1 cm³/mol. The van der Waals surface area contributed by atoms with Crippen molar-refractivity contribution in [2.45, 2.75) is 19.4 Å². The van der Waals surface area contributed by atoms with Crippen LogP contribution in [0.1, 0.15) is 23.7 Å². The molecule has 1 aromatic carbocycles. The van der Waals surface area contributed by atoms with E-state index in [1.54, 1.807) is 12.1 Å². The van der Waals surface area contributed by atoms with Gasteiger partial charge < -0.3 is 5.32 Å². The highest BCUT2D eigenvalue weighted by Gasteiger charge is 2.34. The van der Waals surface area contributed by atoms with Gasteiger partial charge in [-0.2, -0.15) is 0 Å². The van der Waals surface area contributed by atoms with Crippen molar-refractivity contribution < 1.29 is 9.18 Å². The quantitative estimate of drug-likeness (QED) is 0.881. The molecule has 1 fully saturated rings. The fourth-order valence-corrected chi connectivity index (χ4v) is 1.81. The summed E-state index contributed by atoms with van der Waals surface area (Å²) in [5.74, 6) is -0.310. The maximum Gasteiger partial charge on any atom is 0.254 e. The Balaban J connectivity index is 2.14. The van der Waals surface area contributed by atoms with Gasteiger partial charge in [0.25, 0.3) is 5.91 Å². The molecule has 2 atom stereocenters. The Labute approximate surface area is 96.0 Å². The number of benzene rings is 1. The Morgan fingerprint density at radius 2 is 2.27 bits per heavy atom. The minimum Gasteiger partial charge on any atom is -0.349 e. The highest BCUT2D eigenvalue weighted by molar-refractivity contribution is 9.10. The van der Waals surface area contributed by atoms with Gasteiger partial charge in [-0.15, -0.1) is 0 Å². The van der Waals surface area contributed by atoms with Crippen LogP contribution in [0.15, 0.2) is 22.7 Å². The molecule has 0 radical (unpaired) electrons. The summed E-state index contributed by atoms with van der Waals surface area (Å²) in [4.78, 5) is 11.6. The SMILES string of the molecule is CC1CC1NC(=O)c1cccc(Br)c1F. The minimum atomic E-state index is -0.497. The third-order valence-electron chi connectivity index (χ3n) is 2.62. The van der Waals surface area contributed by atoms with Gasteiger partial charge in [0.2, 0.25) is 0 Å². The molecular formula is C11H11BrFNO. The zero-order valence-electron chi connectivity index (χ0n) is 8.26. The molecule has 1 saturated carbocycles. The maximum atomic E-state index is 13.5. The molecule has 0 bridgehead atoms. The summed E-state index contributed by atoms with van der Waals surface area (Å²) in [7, 11) is 0. The molecule has 1 aliphatic carbocycles. The van der Waals surface area contributed by atoms with Gasteiger partial charge in [-0.25, -0.2) is 4.39 Å². The topological polar surface area (TPSA) is 29.1 Å². The highest BCUT2D eigenvalue weighted by atomic mass is 79.9. The summed E-state index contributed by atoms with van der Waals surface area (Å²) in [6, 6.07) is 4.93. The van der Waals surface area contributed by atoms with E-state index in [4.69, 9.17) is 0 Å². The van der Waals surface area contributed by atoms with E-state index in [2.05, 4.69) is 28.2 Å². The van der Waals surface area contributed by atoms with Crippen molar-refractivity contribution in [3.63, 3.8) is 0 Å². The molecule has 0 aromatic heterocycles. The fraction of sp³-hybridized carbons (Fsp3) is 0.364. The lowest BCUT2D eigenvalue weighted by molar-refractivity contribution is 0.0945. The normalized spacial score (nSPS) is 23.7. The molecular weight excluding hydrogens is 261 g/mol. The molecule has 80 valence electrons. The summed E-state index contributed by atoms with van der Waals surface area (Å²) < 4.78 is 13.8. The number of carbonyl (C=O) groups is 1. The highest BCUT2D eigenvalue weighted by Crippen LogP contribution is 2.29. The zero-order valence-corrected chi connectivity index (χ0v) is 9.84. The zero-order chi connectivity index (χ0) is 11.0. The van der Waals surface area contributed by atoms with Crippen LogP contribution in [-0.2, 0) is 0 Å². The number of nitrogens with one attached hydrogen (secondary N) is 1. The third-order valence-corrected chi connectivity index (χ3v) is 3.23. The van der Waals surface area contributed by atoms with Gasteiger partial charge in [0.15, 0.2) is 0 Å². The van der Waals surface area contributed by atoms with Crippen LogP contribution in [0, 0.1) is 11.7 Å². The third kappa shape index (κ3) is 2.20. The molecule has 1 N–H and O–H groups in total. The van der Waals surface area contributed by atoms with Gasteiger partial charge in [-0.05, 0) is 40.4 Å². The van der Waals surface area contributed by atoms with E-state index in [1.165, 1.54) is 6.07 Å². The van der Waals surface area contributed by atoms with Crippen molar-refractivity contribution in [1.29, 1.82) is 0 Å². The van der Waals surface area contributed by atoms with E-state index in [9.17, 15) is 9.18 Å². The van der Waals surface area contributed by atoms with E-state index >= 15 is 0 Å². The number of rotatable bonds is 2. The Bertz CT molecular complexity index is 408. The Morgan fingerprint density at radius 3 is 2.87 bits per heavy atom. The molecule has 2 nitrogen and oxygen atoms in total. The van der Waals surface area contributed by atoms with Crippen molar-refractivity contribution in [2.24, 2.45) is 5.92 Å². The van der Waals surface area contributed by atoms with Crippen LogP contribution in [0.2, 0.25) is 0 Å². The summed E-state index contributed by atoms with van der Waals surface area (Å²) in [5, 5.41) is 2.79. The monoisotopic (exact) mass is 271 g/mol. The first-order valence-electron chi connectivity index (χ1n) is 4.84. The van der Waals surface area contributed by atoms with Crippen molar-refractivity contribution in [1.82, 2.24) is 5.32 Å². The molecule has 1 amide bonds. The van der Waals surface area contributed by atoms with Crippen LogP contribution >= 0.6 is 15.9 Å². The second-order valence-electron chi connectivity index (χ2n) is 3.89. The molecule has 4 heteroatoms. The van der Waals surface area contributed by atoms with Gasteiger partial charge in [0.1, 0.15) is 5.82 Å². The molecule has 1 aliphatic rings. The van der Waals surface area contributed by atoms with E-state index in [-0.39, 0.29) is 17.5 Å². The summed E-state index contributed by atoms with van der Waals surface area (Å²) in [5.41, 5.74) is 0.100. The van der Waals surface area contributed by atoms with Gasteiger partial charge in [0.05, 0.1) is 10.0 Å². The number of halogens is 2. The van der Waals surface area contributed by atoms with E-state index in [0.29, 0.717) is 10.4 Å². The average molecular weight is 272 g/mol. The van der Waals surface area contributed by atoms with Gasteiger partial charge in [-0.1, -0.05) is 13.0 Å². The Morgan fingerprint density at radius 1 is 1.60 bits per heavy atom. The number of hydrogen-bond acceptors (Lipinski definition) is 1. The van der Waals surface area contributed by atoms with Crippen molar-refractivity contribution in [3.05, 3.63) is 34.1 Å². The van der Waals surface area contributed by atoms with Gasteiger partial charge >= 0.3 is 0 Å². The molecule has 1 aromatic rings. The second kappa shape index (κ2) is 3.93. The summed E-state index contributed by atoms with van der Waals surface area (Å²) in [6.45, 7) is 2.06. The lowest BCUT2D eigenvalue weighted by Crippen LogP contribution is -2.27. The van der Waals surface area contributed by atoms with Crippen LogP contribution in [-0.4, -0.2) is 11.9 Å². The van der Waals surface area contributed by atoms with Crippen LogP contribution in [0.4, 0.5) is 4.39 Å². The Kier molecular flexibility index (Phi) is 2.78. The maximum absolute atomic E-state index is 13.5. The minimum absolute atomic E-state index is 0.100. The van der Waals surface area contributed by atoms with E-state index < -0.39 is 5.82 Å². The molecule has 0 aliphatic heterocycles. The van der Waals surface area contributed by atoms with E-state index in [1.807, 2.05) is 0 Å². The van der Waals surface area contributed by atoms with Gasteiger partial charge in [0, 0.05) is 6.04 Å². The number of carbonyl (C=O) groups excluding carboxylic acids is 1. The smallest absolute Gasteiger partial charge is 0.254 e. The van der Waals surface area contributed by atoms with Crippen molar-refractivity contribution >= 4 is 21.8 Å². The van der Waals surface area contributed by atoms with Crippen LogP contribution in [0.25, 0.3) is 0 Å². The van der Waals surface area contributed by atoms with Crippen LogP contribution in [0.5, 0.6) is 0 Å². The van der Waals surface area contributed by atoms with Gasteiger partial charge in [-0.3, -0.25) is 4.79 Å². The lowest BCUT2D eigenvalue weighted by atomic mass is 10.2. The standard InChI is InChI=1S/C11H11BrFNO/c1-6-5-9(6)14-11(15)7-3-2-4-8(12)10(7)13/h2-4,6,9H,5H2,1H3,(H,14,15).